The van der Waals surface area contributed by atoms with Gasteiger partial charge in [0.25, 0.3) is 0 Å². The molecule has 3 aliphatic rings. The molecule has 14 rings (SSSR count). The van der Waals surface area contributed by atoms with Gasteiger partial charge in [0.1, 0.15) is 0 Å². The molecule has 0 amide bonds. The van der Waals surface area contributed by atoms with E-state index in [1.54, 1.807) is 0 Å². The van der Waals surface area contributed by atoms with Crippen LogP contribution in [0.1, 0.15) is 44.5 Å². The SMILES string of the molecule is c1ccc(N(c2ccccc2)c2ccc3c(c2)-c2ccccc2C32c3ccccc3-c3cc(N(c4ccccc4)c4cccc5c4C(c4ccccc4)(c4ccccc4)c4ccccc4-5)ccc32)cc1. The smallest absolute Gasteiger partial charge is 0.0734 e. The van der Waals surface area contributed by atoms with Gasteiger partial charge in [-0.3, -0.25) is 0 Å². The molecule has 328 valence electrons. The summed E-state index contributed by atoms with van der Waals surface area (Å²) in [6.45, 7) is 0. The molecule has 0 aliphatic heterocycles. The zero-order valence-electron chi connectivity index (χ0n) is 38.5. The fourth-order valence-corrected chi connectivity index (χ4v) is 12.7. The van der Waals surface area contributed by atoms with Gasteiger partial charge in [-0.1, -0.05) is 212 Å². The third-order valence-corrected chi connectivity index (χ3v) is 15.3. The molecule has 0 saturated heterocycles. The molecule has 0 aromatic heterocycles. The van der Waals surface area contributed by atoms with Crippen LogP contribution in [0, 0.1) is 0 Å². The first-order chi connectivity index (χ1) is 34.8. The topological polar surface area (TPSA) is 6.48 Å². The van der Waals surface area contributed by atoms with Crippen molar-refractivity contribution in [2.24, 2.45) is 0 Å². The highest BCUT2D eigenvalue weighted by Gasteiger charge is 2.52. The summed E-state index contributed by atoms with van der Waals surface area (Å²) >= 11 is 0. The molecule has 11 aromatic rings. The molecular formula is C68H46N2. The van der Waals surface area contributed by atoms with Crippen LogP contribution in [-0.2, 0) is 10.8 Å². The lowest BCUT2D eigenvalue weighted by Crippen LogP contribution is -2.30. The third-order valence-electron chi connectivity index (χ3n) is 15.3. The molecule has 1 atom stereocenters. The predicted molar refractivity (Wildman–Crippen MR) is 289 cm³/mol. The lowest BCUT2D eigenvalue weighted by atomic mass is 9.67. The highest BCUT2D eigenvalue weighted by atomic mass is 15.2. The van der Waals surface area contributed by atoms with Crippen LogP contribution in [0.4, 0.5) is 34.1 Å². The number of fused-ring (bicyclic) bond motifs is 13. The minimum absolute atomic E-state index is 0.512. The minimum Gasteiger partial charge on any atom is -0.310 e. The first-order valence-electron chi connectivity index (χ1n) is 24.3. The molecule has 70 heavy (non-hydrogen) atoms. The summed E-state index contributed by atoms with van der Waals surface area (Å²) in [5.74, 6) is 0. The van der Waals surface area contributed by atoms with Gasteiger partial charge in [0.15, 0.2) is 0 Å². The van der Waals surface area contributed by atoms with Crippen molar-refractivity contribution in [1.29, 1.82) is 0 Å². The van der Waals surface area contributed by atoms with Crippen LogP contribution in [0.25, 0.3) is 33.4 Å². The predicted octanol–water partition coefficient (Wildman–Crippen LogP) is 17.3. The highest BCUT2D eigenvalue weighted by Crippen LogP contribution is 2.65. The Kier molecular flexibility index (Phi) is 9.06. The van der Waals surface area contributed by atoms with Crippen LogP contribution in [0.5, 0.6) is 0 Å². The molecular weight excluding hydrogens is 845 g/mol. The van der Waals surface area contributed by atoms with Crippen molar-refractivity contribution in [3.63, 3.8) is 0 Å². The second kappa shape index (κ2) is 15.8. The molecule has 0 fully saturated rings. The van der Waals surface area contributed by atoms with E-state index in [-0.39, 0.29) is 0 Å². The zero-order valence-corrected chi connectivity index (χ0v) is 38.5. The van der Waals surface area contributed by atoms with Crippen molar-refractivity contribution in [3.8, 4) is 33.4 Å². The number of nitrogens with zero attached hydrogens (tertiary/aromatic N) is 2. The maximum Gasteiger partial charge on any atom is 0.0734 e. The fourth-order valence-electron chi connectivity index (χ4n) is 12.7. The maximum atomic E-state index is 2.52. The standard InChI is InChI=1S/C68H46N2/c1-6-23-47(24-7-1)67(48-25-8-2-9-26-48)60-37-19-16-33-54(60)57-36-22-40-65(66(57)67)70(51-31-14-5-15-32-51)53-42-44-64-59(46-53)56-35-18-21-39-62(56)68(64)61-38-20-17-34-55(61)58-45-52(41-43-63(58)68)69(49-27-10-3-11-28-49)50-29-12-4-13-30-50/h1-46H. The zero-order chi connectivity index (χ0) is 46.2. The van der Waals surface area contributed by atoms with E-state index in [0.717, 1.165) is 34.1 Å². The molecule has 0 N–H and O–H groups in total. The van der Waals surface area contributed by atoms with Crippen molar-refractivity contribution >= 4 is 34.1 Å². The Balaban J connectivity index is 1.00. The molecule has 3 aliphatic carbocycles. The molecule has 0 saturated carbocycles. The molecule has 11 aromatic carbocycles. The van der Waals surface area contributed by atoms with Gasteiger partial charge in [-0.2, -0.15) is 0 Å². The fraction of sp³-hybridized carbons (Fsp3) is 0.0294. The largest absolute Gasteiger partial charge is 0.310 e. The summed E-state index contributed by atoms with van der Waals surface area (Å²) in [5.41, 5.74) is 23.6. The molecule has 1 unspecified atom stereocenters. The van der Waals surface area contributed by atoms with Gasteiger partial charge in [-0.15, -0.1) is 0 Å². The van der Waals surface area contributed by atoms with E-state index in [0.29, 0.717) is 0 Å². The Morgan fingerprint density at radius 1 is 0.214 bits per heavy atom. The average molecular weight is 891 g/mol. The summed E-state index contributed by atoms with van der Waals surface area (Å²) in [6, 6.07) is 103. The van der Waals surface area contributed by atoms with Crippen LogP contribution >= 0.6 is 0 Å². The summed E-state index contributed by atoms with van der Waals surface area (Å²) in [4.78, 5) is 4.89. The summed E-state index contributed by atoms with van der Waals surface area (Å²) in [6.07, 6.45) is 0. The van der Waals surface area contributed by atoms with Crippen molar-refractivity contribution in [2.45, 2.75) is 10.8 Å². The van der Waals surface area contributed by atoms with Gasteiger partial charge in [-0.25, -0.2) is 0 Å². The molecule has 2 heteroatoms. The first kappa shape index (κ1) is 40.1. The minimum atomic E-state index is -0.585. The Labute approximate surface area is 409 Å². The monoisotopic (exact) mass is 890 g/mol. The Morgan fingerprint density at radius 2 is 0.557 bits per heavy atom. The van der Waals surface area contributed by atoms with Gasteiger partial charge in [0, 0.05) is 34.0 Å². The second-order valence-electron chi connectivity index (χ2n) is 18.7. The summed E-state index contributed by atoms with van der Waals surface area (Å²) < 4.78 is 0. The number of benzene rings is 11. The van der Waals surface area contributed by atoms with Crippen LogP contribution in [0.3, 0.4) is 0 Å². The number of rotatable bonds is 8. The third kappa shape index (κ3) is 5.62. The van der Waals surface area contributed by atoms with E-state index in [9.17, 15) is 0 Å². The quantitative estimate of drug-likeness (QED) is 0.150. The Morgan fingerprint density at radius 3 is 1.03 bits per heavy atom. The van der Waals surface area contributed by atoms with Gasteiger partial charge in [0.2, 0.25) is 0 Å². The lowest BCUT2D eigenvalue weighted by molar-refractivity contribution is 0.768. The van der Waals surface area contributed by atoms with E-state index in [1.165, 1.54) is 77.9 Å². The Bertz CT molecular complexity index is 3690. The average Bonchev–Trinajstić information content (AvgIpc) is 4.03. The van der Waals surface area contributed by atoms with Gasteiger partial charge in [0.05, 0.1) is 16.5 Å². The van der Waals surface area contributed by atoms with E-state index in [1.807, 2.05) is 0 Å². The summed E-state index contributed by atoms with van der Waals surface area (Å²) in [7, 11) is 0. The lowest BCUT2D eigenvalue weighted by Gasteiger charge is -2.38. The molecule has 2 nitrogen and oxygen atoms in total. The van der Waals surface area contributed by atoms with Crippen molar-refractivity contribution < 1.29 is 0 Å². The van der Waals surface area contributed by atoms with Gasteiger partial charge >= 0.3 is 0 Å². The maximum absolute atomic E-state index is 2.52. The first-order valence-corrected chi connectivity index (χ1v) is 24.3. The summed E-state index contributed by atoms with van der Waals surface area (Å²) in [5, 5.41) is 0. The van der Waals surface area contributed by atoms with Crippen molar-refractivity contribution in [3.05, 3.63) is 324 Å². The van der Waals surface area contributed by atoms with Gasteiger partial charge < -0.3 is 9.80 Å². The van der Waals surface area contributed by atoms with Crippen LogP contribution in [-0.4, -0.2) is 0 Å². The van der Waals surface area contributed by atoms with Crippen molar-refractivity contribution in [2.75, 3.05) is 9.80 Å². The Hall–Kier alpha value is -8.98. The molecule has 0 heterocycles. The van der Waals surface area contributed by atoms with E-state index >= 15 is 0 Å². The van der Waals surface area contributed by atoms with Crippen molar-refractivity contribution in [1.82, 2.24) is 0 Å². The van der Waals surface area contributed by atoms with E-state index in [4.69, 9.17) is 0 Å². The number of anilines is 6. The van der Waals surface area contributed by atoms with E-state index in [2.05, 4.69) is 289 Å². The highest BCUT2D eigenvalue weighted by molar-refractivity contribution is 5.99. The second-order valence-corrected chi connectivity index (χ2v) is 18.7. The number of para-hydroxylation sites is 3. The van der Waals surface area contributed by atoms with E-state index < -0.39 is 10.8 Å². The molecule has 0 bridgehead atoms. The molecule has 1 spiro atoms. The number of hydrogen-bond acceptors (Lipinski definition) is 2. The molecule has 0 radical (unpaired) electrons. The van der Waals surface area contributed by atoms with Crippen LogP contribution in [0.2, 0.25) is 0 Å². The van der Waals surface area contributed by atoms with Gasteiger partial charge in [-0.05, 0) is 139 Å². The van der Waals surface area contributed by atoms with Crippen LogP contribution < -0.4 is 9.80 Å². The normalized spacial score (nSPS) is 15.0. The number of hydrogen-bond donors (Lipinski definition) is 0. The van der Waals surface area contributed by atoms with Crippen LogP contribution in [0.15, 0.2) is 279 Å².